The lowest BCUT2D eigenvalue weighted by Crippen LogP contribution is -2.51. The first-order valence-corrected chi connectivity index (χ1v) is 10.0. The molecule has 1 atom stereocenters. The van der Waals surface area contributed by atoms with Crippen molar-refractivity contribution in [1.29, 1.82) is 0 Å². The second kappa shape index (κ2) is 7.77. The molecule has 0 aromatic heterocycles. The standard InChI is InChI=1S/C22H36N2O/c1-21(2,25)13-10-19-6-8-20(9-7-19)16-24-15-5-12-22(18-24)11-4-14-23(3)17-22/h6-9,25H,4-5,10-18H2,1-3H3. The van der Waals surface area contributed by atoms with E-state index in [0.717, 1.165) is 19.4 Å². The summed E-state index contributed by atoms with van der Waals surface area (Å²) in [5.74, 6) is 0. The van der Waals surface area contributed by atoms with E-state index >= 15 is 0 Å². The number of aliphatic hydroxyl groups is 1. The first-order valence-electron chi connectivity index (χ1n) is 10.0. The lowest BCUT2D eigenvalue weighted by Gasteiger charge is -2.48. The van der Waals surface area contributed by atoms with E-state index < -0.39 is 5.60 Å². The third kappa shape index (κ3) is 5.54. The highest BCUT2D eigenvalue weighted by Gasteiger charge is 2.38. The van der Waals surface area contributed by atoms with Gasteiger partial charge in [0.25, 0.3) is 0 Å². The maximum absolute atomic E-state index is 9.88. The third-order valence-corrected chi connectivity index (χ3v) is 6.05. The molecule has 1 aromatic rings. The summed E-state index contributed by atoms with van der Waals surface area (Å²) in [6, 6.07) is 9.06. The number of hydrogen-bond donors (Lipinski definition) is 1. The van der Waals surface area contributed by atoms with Gasteiger partial charge >= 0.3 is 0 Å². The number of hydrogen-bond acceptors (Lipinski definition) is 3. The largest absolute Gasteiger partial charge is 0.390 e. The molecule has 2 fully saturated rings. The Balaban J connectivity index is 1.55. The van der Waals surface area contributed by atoms with Crippen molar-refractivity contribution in [3.05, 3.63) is 35.4 Å². The van der Waals surface area contributed by atoms with Crippen molar-refractivity contribution in [2.75, 3.05) is 33.2 Å². The molecule has 1 unspecified atom stereocenters. The quantitative estimate of drug-likeness (QED) is 0.882. The molecule has 1 N–H and O–H groups in total. The van der Waals surface area contributed by atoms with Crippen LogP contribution < -0.4 is 0 Å². The van der Waals surface area contributed by atoms with Gasteiger partial charge in [0.2, 0.25) is 0 Å². The van der Waals surface area contributed by atoms with E-state index in [2.05, 4.69) is 41.1 Å². The molecule has 3 nitrogen and oxygen atoms in total. The molecule has 2 saturated heterocycles. The second-order valence-corrected chi connectivity index (χ2v) is 9.28. The molecule has 3 rings (SSSR count). The number of aryl methyl sites for hydroxylation is 1. The Morgan fingerprint density at radius 1 is 1.00 bits per heavy atom. The topological polar surface area (TPSA) is 26.7 Å². The van der Waals surface area contributed by atoms with Crippen molar-refractivity contribution in [3.8, 4) is 0 Å². The van der Waals surface area contributed by atoms with Crippen molar-refractivity contribution in [3.63, 3.8) is 0 Å². The van der Waals surface area contributed by atoms with Crippen LogP contribution in [-0.2, 0) is 13.0 Å². The fourth-order valence-corrected chi connectivity index (χ4v) is 4.75. The first kappa shape index (κ1) is 18.9. The van der Waals surface area contributed by atoms with Gasteiger partial charge in [-0.2, -0.15) is 0 Å². The highest BCUT2D eigenvalue weighted by atomic mass is 16.3. The molecular weight excluding hydrogens is 308 g/mol. The van der Waals surface area contributed by atoms with E-state index in [-0.39, 0.29) is 0 Å². The Labute approximate surface area is 154 Å². The summed E-state index contributed by atoms with van der Waals surface area (Å²) in [4.78, 5) is 5.21. The molecule has 0 amide bonds. The summed E-state index contributed by atoms with van der Waals surface area (Å²) in [5, 5.41) is 9.88. The number of likely N-dealkylation sites (tertiary alicyclic amines) is 2. The smallest absolute Gasteiger partial charge is 0.0594 e. The van der Waals surface area contributed by atoms with Crippen LogP contribution in [0.1, 0.15) is 57.1 Å². The third-order valence-electron chi connectivity index (χ3n) is 6.05. The summed E-state index contributed by atoms with van der Waals surface area (Å²) in [6.45, 7) is 9.90. The minimum absolute atomic E-state index is 0.540. The average Bonchev–Trinajstić information content (AvgIpc) is 2.53. The van der Waals surface area contributed by atoms with Gasteiger partial charge in [-0.1, -0.05) is 24.3 Å². The molecule has 25 heavy (non-hydrogen) atoms. The molecule has 0 radical (unpaired) electrons. The SMILES string of the molecule is CN1CCCC2(CCCN(Cc3ccc(CCC(C)(C)O)cc3)C2)C1. The Hall–Kier alpha value is -0.900. The zero-order valence-electron chi connectivity index (χ0n) is 16.4. The number of nitrogens with zero attached hydrogens (tertiary/aromatic N) is 2. The van der Waals surface area contributed by atoms with E-state index in [1.807, 2.05) is 13.8 Å². The lowest BCUT2D eigenvalue weighted by atomic mass is 9.74. The highest BCUT2D eigenvalue weighted by Crippen LogP contribution is 2.38. The predicted molar refractivity (Wildman–Crippen MR) is 105 cm³/mol. The maximum Gasteiger partial charge on any atom is 0.0594 e. The van der Waals surface area contributed by atoms with Crippen molar-refractivity contribution >= 4 is 0 Å². The lowest BCUT2D eigenvalue weighted by molar-refractivity contribution is 0.0198. The molecular formula is C22H36N2O. The molecule has 3 heteroatoms. The average molecular weight is 345 g/mol. The molecule has 1 spiro atoms. The van der Waals surface area contributed by atoms with Crippen LogP contribution in [0.15, 0.2) is 24.3 Å². The van der Waals surface area contributed by atoms with Gasteiger partial charge in [0, 0.05) is 19.6 Å². The zero-order chi connectivity index (χ0) is 17.9. The van der Waals surface area contributed by atoms with Crippen LogP contribution in [0.4, 0.5) is 0 Å². The molecule has 0 aliphatic carbocycles. The monoisotopic (exact) mass is 344 g/mol. The van der Waals surface area contributed by atoms with Gasteiger partial charge in [-0.3, -0.25) is 4.90 Å². The number of benzene rings is 1. The van der Waals surface area contributed by atoms with Gasteiger partial charge in [-0.15, -0.1) is 0 Å². The van der Waals surface area contributed by atoms with Gasteiger partial charge in [0.15, 0.2) is 0 Å². The summed E-state index contributed by atoms with van der Waals surface area (Å²) in [7, 11) is 2.28. The predicted octanol–water partition coefficient (Wildman–Crippen LogP) is 3.70. The van der Waals surface area contributed by atoms with E-state index in [9.17, 15) is 5.11 Å². The van der Waals surface area contributed by atoms with Crippen molar-refractivity contribution < 1.29 is 5.11 Å². The highest BCUT2D eigenvalue weighted by molar-refractivity contribution is 5.23. The number of piperidine rings is 2. The van der Waals surface area contributed by atoms with Crippen molar-refractivity contribution in [1.82, 2.24) is 9.80 Å². The molecule has 140 valence electrons. The van der Waals surface area contributed by atoms with Gasteiger partial charge in [0.05, 0.1) is 5.60 Å². The molecule has 2 aliphatic heterocycles. The Bertz CT molecular complexity index is 544. The molecule has 0 bridgehead atoms. The first-order chi connectivity index (χ1) is 11.8. The van der Waals surface area contributed by atoms with Crippen LogP contribution >= 0.6 is 0 Å². The van der Waals surface area contributed by atoms with Gasteiger partial charge in [-0.05, 0) is 89.1 Å². The van der Waals surface area contributed by atoms with Gasteiger partial charge in [0.1, 0.15) is 0 Å². The van der Waals surface area contributed by atoms with Crippen LogP contribution in [0, 0.1) is 5.41 Å². The molecule has 1 aromatic carbocycles. The minimum Gasteiger partial charge on any atom is -0.390 e. The van der Waals surface area contributed by atoms with E-state index in [1.54, 1.807) is 0 Å². The summed E-state index contributed by atoms with van der Waals surface area (Å²) >= 11 is 0. The molecule has 0 saturated carbocycles. The fraction of sp³-hybridized carbons (Fsp3) is 0.727. The van der Waals surface area contributed by atoms with Gasteiger partial charge in [-0.25, -0.2) is 0 Å². The fourth-order valence-electron chi connectivity index (χ4n) is 4.75. The summed E-state index contributed by atoms with van der Waals surface area (Å²) < 4.78 is 0. The summed E-state index contributed by atoms with van der Waals surface area (Å²) in [5.41, 5.74) is 2.72. The van der Waals surface area contributed by atoms with Crippen LogP contribution in [0.3, 0.4) is 0 Å². The molecule has 2 heterocycles. The molecule has 2 aliphatic rings. The van der Waals surface area contributed by atoms with E-state index in [4.69, 9.17) is 0 Å². The second-order valence-electron chi connectivity index (χ2n) is 9.28. The summed E-state index contributed by atoms with van der Waals surface area (Å²) in [6.07, 6.45) is 7.28. The zero-order valence-corrected chi connectivity index (χ0v) is 16.4. The normalized spacial score (nSPS) is 26.2. The minimum atomic E-state index is -0.575. The van der Waals surface area contributed by atoms with Crippen LogP contribution in [-0.4, -0.2) is 53.7 Å². The maximum atomic E-state index is 9.88. The van der Waals surface area contributed by atoms with Crippen LogP contribution in [0.5, 0.6) is 0 Å². The Kier molecular flexibility index (Phi) is 5.87. The Morgan fingerprint density at radius 2 is 1.64 bits per heavy atom. The number of rotatable bonds is 5. The van der Waals surface area contributed by atoms with Crippen molar-refractivity contribution in [2.24, 2.45) is 5.41 Å². The van der Waals surface area contributed by atoms with Crippen LogP contribution in [0.25, 0.3) is 0 Å². The van der Waals surface area contributed by atoms with E-state index in [0.29, 0.717) is 5.41 Å². The van der Waals surface area contributed by atoms with Crippen LogP contribution in [0.2, 0.25) is 0 Å². The van der Waals surface area contributed by atoms with Crippen molar-refractivity contribution in [2.45, 2.75) is 64.5 Å². The Morgan fingerprint density at radius 3 is 2.28 bits per heavy atom. The van der Waals surface area contributed by atoms with Gasteiger partial charge < -0.3 is 10.0 Å². The van der Waals surface area contributed by atoms with E-state index in [1.165, 1.54) is 63.0 Å².